The van der Waals surface area contributed by atoms with E-state index >= 15 is 0 Å². The van der Waals surface area contributed by atoms with Crippen molar-refractivity contribution in [1.29, 1.82) is 0 Å². The molecule has 0 spiro atoms. The number of aromatic nitrogens is 2. The lowest BCUT2D eigenvalue weighted by molar-refractivity contribution is -0.140. The van der Waals surface area contributed by atoms with Crippen LogP contribution in [0.1, 0.15) is 96.2 Å². The second-order valence-electron chi connectivity index (χ2n) is 14.5. The molecule has 0 aliphatic heterocycles. The molecule has 51 heavy (non-hydrogen) atoms. The van der Waals surface area contributed by atoms with Crippen LogP contribution in [0.25, 0.3) is 0 Å². The molecule has 0 saturated carbocycles. The smallest absolute Gasteiger partial charge is 0.290 e. The third kappa shape index (κ3) is 12.1. The van der Waals surface area contributed by atoms with Crippen LogP contribution < -0.4 is 26.6 Å². The number of benzene rings is 1. The van der Waals surface area contributed by atoms with Crippen molar-refractivity contribution in [2.24, 2.45) is 23.2 Å². The van der Waals surface area contributed by atoms with Gasteiger partial charge >= 0.3 is 0 Å². The quantitative estimate of drug-likeness (QED) is 0.123. The number of ketones is 1. The lowest BCUT2D eigenvalue weighted by atomic mass is 9.85. The fraction of sp³-hybridized carbons (Fsp3) is 0.526. The Hall–Kier alpha value is -4.94. The maximum atomic E-state index is 13.6. The predicted octanol–water partition coefficient (Wildman–Crippen LogP) is 3.19. The van der Waals surface area contributed by atoms with Crippen molar-refractivity contribution in [1.82, 2.24) is 36.6 Å². The van der Waals surface area contributed by atoms with E-state index in [2.05, 4.69) is 36.6 Å². The summed E-state index contributed by atoms with van der Waals surface area (Å²) in [4.78, 5) is 86.7. The Kier molecular flexibility index (Phi) is 15.0. The largest absolute Gasteiger partial charge is 0.354 e. The molecule has 3 rings (SSSR count). The maximum Gasteiger partial charge on any atom is 0.290 e. The number of amides is 5. The van der Waals surface area contributed by atoms with Gasteiger partial charge < -0.3 is 26.6 Å². The molecule has 6 atom stereocenters. The lowest BCUT2D eigenvalue weighted by Crippen LogP contribution is -2.59. The molecule has 1 aromatic heterocycles. The highest BCUT2D eigenvalue weighted by atomic mass is 16.2. The summed E-state index contributed by atoms with van der Waals surface area (Å²) in [6.07, 6.45) is 9.66. The van der Waals surface area contributed by atoms with Crippen LogP contribution in [0.4, 0.5) is 0 Å². The van der Waals surface area contributed by atoms with Gasteiger partial charge in [0.25, 0.3) is 11.8 Å². The van der Waals surface area contributed by atoms with Crippen LogP contribution in [-0.4, -0.2) is 70.0 Å². The van der Waals surface area contributed by atoms with E-state index in [0.717, 1.165) is 5.56 Å². The van der Waals surface area contributed by atoms with Gasteiger partial charge in [0.2, 0.25) is 23.5 Å². The molecule has 5 N–H and O–H groups in total. The molecule has 13 nitrogen and oxygen atoms in total. The van der Waals surface area contributed by atoms with Gasteiger partial charge in [0.05, 0.1) is 18.3 Å². The van der Waals surface area contributed by atoms with Crippen molar-refractivity contribution in [2.45, 2.75) is 98.3 Å². The summed E-state index contributed by atoms with van der Waals surface area (Å²) >= 11 is 0. The van der Waals surface area contributed by atoms with E-state index in [-0.39, 0.29) is 48.4 Å². The van der Waals surface area contributed by atoms with Crippen LogP contribution in [0.3, 0.4) is 0 Å². The van der Waals surface area contributed by atoms with E-state index < -0.39 is 53.0 Å². The number of carbonyl (C=O) groups is 6. The number of rotatable bonds is 17. The monoisotopic (exact) mass is 703 g/mol. The summed E-state index contributed by atoms with van der Waals surface area (Å²) in [7, 11) is 0. The summed E-state index contributed by atoms with van der Waals surface area (Å²) in [6.45, 7) is 13.0. The minimum atomic E-state index is -0.950. The standard InChI is InChI=1S/C38H53N7O6/c1-8-13-28(32(47)36(50)42-24(4)25-14-10-9-11-15-25)43-30(46)20-26-16-12-17-27(26)21-41-37(51)33(38(5,6)7)45-35(49)31(23(2)3)44-34(48)29-22-39-18-19-40-29/h9-12,14-15,17-19,22-24,26-28,31,33H,8,13,16,20-21H2,1-7H3,(H,41,51)(H,42,50)(H,43,46)(H,44,48)(H,45,49)/t24-,26+,27-,28?,31+,33+/m0/s1. The molecule has 0 saturated heterocycles. The number of hydrogen-bond acceptors (Lipinski definition) is 8. The highest BCUT2D eigenvalue weighted by molar-refractivity contribution is 6.38. The van der Waals surface area contributed by atoms with Crippen LogP contribution in [0.2, 0.25) is 0 Å². The van der Waals surface area contributed by atoms with Crippen molar-refractivity contribution in [3.05, 3.63) is 72.3 Å². The van der Waals surface area contributed by atoms with Gasteiger partial charge in [-0.1, -0.05) is 90.4 Å². The Morgan fingerprint density at radius 3 is 2.22 bits per heavy atom. The molecule has 0 radical (unpaired) electrons. The highest BCUT2D eigenvalue weighted by Crippen LogP contribution is 2.28. The molecule has 1 aliphatic rings. The lowest BCUT2D eigenvalue weighted by Gasteiger charge is -2.33. The normalized spacial score (nSPS) is 17.8. The summed E-state index contributed by atoms with van der Waals surface area (Å²) in [6, 6.07) is 6.12. The van der Waals surface area contributed by atoms with Crippen molar-refractivity contribution in [3.8, 4) is 0 Å². The Balaban J connectivity index is 1.58. The number of nitrogens with zero attached hydrogens (tertiary/aromatic N) is 2. The fourth-order valence-corrected chi connectivity index (χ4v) is 5.92. The molecule has 276 valence electrons. The number of Topliss-reactive ketones (excluding diaryl/α,β-unsaturated/α-hetero) is 1. The predicted molar refractivity (Wildman–Crippen MR) is 193 cm³/mol. The first-order valence-corrected chi connectivity index (χ1v) is 17.6. The van der Waals surface area contributed by atoms with E-state index in [1.807, 2.05) is 70.2 Å². The van der Waals surface area contributed by atoms with Crippen LogP contribution in [0.5, 0.6) is 0 Å². The number of carbonyl (C=O) groups excluding carboxylic acids is 6. The molecule has 0 fully saturated rings. The average Bonchev–Trinajstić information content (AvgIpc) is 3.54. The molecule has 13 heteroatoms. The minimum Gasteiger partial charge on any atom is -0.354 e. The summed E-state index contributed by atoms with van der Waals surface area (Å²) in [5.74, 6) is -3.84. The summed E-state index contributed by atoms with van der Waals surface area (Å²) < 4.78 is 0. The van der Waals surface area contributed by atoms with Crippen molar-refractivity contribution in [2.75, 3.05) is 6.54 Å². The van der Waals surface area contributed by atoms with Crippen molar-refractivity contribution >= 4 is 35.3 Å². The second-order valence-corrected chi connectivity index (χ2v) is 14.5. The van der Waals surface area contributed by atoms with Gasteiger partial charge in [-0.25, -0.2) is 4.98 Å². The number of hydrogen-bond donors (Lipinski definition) is 5. The first kappa shape index (κ1) is 40.5. The average molecular weight is 704 g/mol. The highest BCUT2D eigenvalue weighted by Gasteiger charge is 2.37. The number of nitrogens with one attached hydrogen (secondary N) is 5. The third-order valence-electron chi connectivity index (χ3n) is 8.93. The van der Waals surface area contributed by atoms with E-state index in [1.165, 1.54) is 18.6 Å². The minimum absolute atomic E-state index is 0.0698. The van der Waals surface area contributed by atoms with Gasteiger partial charge in [0.1, 0.15) is 17.8 Å². The second kappa shape index (κ2) is 18.9. The van der Waals surface area contributed by atoms with E-state index in [9.17, 15) is 28.8 Å². The molecule has 1 aliphatic carbocycles. The van der Waals surface area contributed by atoms with E-state index in [0.29, 0.717) is 19.3 Å². The first-order valence-electron chi connectivity index (χ1n) is 17.6. The van der Waals surface area contributed by atoms with Crippen LogP contribution in [0, 0.1) is 23.2 Å². The molecule has 1 unspecified atom stereocenters. The van der Waals surface area contributed by atoms with Gasteiger partial charge in [0.15, 0.2) is 0 Å². The van der Waals surface area contributed by atoms with Crippen molar-refractivity contribution < 1.29 is 28.8 Å². The number of allylic oxidation sites excluding steroid dienone is 1. The van der Waals surface area contributed by atoms with Crippen molar-refractivity contribution in [3.63, 3.8) is 0 Å². The Bertz CT molecular complexity index is 1540. The topological polar surface area (TPSA) is 188 Å². The fourth-order valence-electron chi connectivity index (χ4n) is 5.92. The Morgan fingerprint density at radius 2 is 1.61 bits per heavy atom. The Morgan fingerprint density at radius 1 is 0.902 bits per heavy atom. The molecule has 5 amide bonds. The van der Waals surface area contributed by atoms with Gasteiger partial charge in [0, 0.05) is 25.4 Å². The zero-order valence-corrected chi connectivity index (χ0v) is 30.7. The van der Waals surface area contributed by atoms with Gasteiger partial charge in [-0.05, 0) is 48.5 Å². The molecule has 1 aromatic carbocycles. The molecular formula is C38H53N7O6. The van der Waals surface area contributed by atoms with Crippen LogP contribution in [0.15, 0.2) is 61.1 Å². The Labute approximate surface area is 300 Å². The van der Waals surface area contributed by atoms with Gasteiger partial charge in [-0.15, -0.1) is 0 Å². The zero-order valence-electron chi connectivity index (χ0n) is 30.7. The SMILES string of the molecule is CCCC(NC(=O)C[C@H]1CC=C[C@H]1CNC(=O)[C@@H](NC(=O)[C@H](NC(=O)c1cnccn1)C(C)C)C(C)(C)C)C(=O)C(=O)N[C@@H](C)c1ccccc1. The molecule has 1 heterocycles. The van der Waals surface area contributed by atoms with E-state index in [4.69, 9.17) is 0 Å². The van der Waals surface area contributed by atoms with Crippen LogP contribution in [-0.2, 0) is 24.0 Å². The summed E-state index contributed by atoms with van der Waals surface area (Å²) in [5.41, 5.74) is 0.258. The third-order valence-corrected chi connectivity index (χ3v) is 8.93. The van der Waals surface area contributed by atoms with Gasteiger partial charge in [-0.2, -0.15) is 0 Å². The molecule has 2 aromatic rings. The first-order chi connectivity index (χ1) is 24.1. The van der Waals surface area contributed by atoms with E-state index in [1.54, 1.807) is 20.8 Å². The van der Waals surface area contributed by atoms with Gasteiger partial charge in [-0.3, -0.25) is 33.8 Å². The summed E-state index contributed by atoms with van der Waals surface area (Å²) in [5, 5.41) is 14.0. The maximum absolute atomic E-state index is 13.6. The zero-order chi connectivity index (χ0) is 37.7. The molecule has 0 bridgehead atoms. The van der Waals surface area contributed by atoms with Crippen LogP contribution >= 0.6 is 0 Å². The molecular weight excluding hydrogens is 650 g/mol.